The molecule has 1 aromatic rings. The van der Waals surface area contributed by atoms with Crippen molar-refractivity contribution in [2.45, 2.75) is 52.2 Å². The molecule has 2 N–H and O–H groups in total. The average molecular weight is 279 g/mol. The van der Waals surface area contributed by atoms with E-state index in [-0.39, 0.29) is 6.10 Å². The Hall–Kier alpha value is -0.380. The summed E-state index contributed by atoms with van der Waals surface area (Å²) in [7, 11) is 0. The molecule has 19 heavy (non-hydrogen) atoms. The molecule has 106 valence electrons. The van der Waals surface area contributed by atoms with E-state index in [2.05, 4.69) is 26.1 Å². The van der Waals surface area contributed by atoms with E-state index >= 15 is 0 Å². The van der Waals surface area contributed by atoms with E-state index in [9.17, 15) is 5.11 Å². The Bertz CT molecular complexity index is 437. The van der Waals surface area contributed by atoms with Crippen LogP contribution in [0.15, 0.2) is 16.8 Å². The first-order chi connectivity index (χ1) is 8.93. The van der Waals surface area contributed by atoms with Crippen LogP contribution in [0.4, 0.5) is 0 Å². The molecular formula is C16H25NOS. The summed E-state index contributed by atoms with van der Waals surface area (Å²) < 4.78 is 0. The summed E-state index contributed by atoms with van der Waals surface area (Å²) in [5.41, 5.74) is 1.84. The molecule has 2 nitrogen and oxygen atoms in total. The quantitative estimate of drug-likeness (QED) is 0.883. The minimum Gasteiger partial charge on any atom is -0.387 e. The number of rotatable bonds is 4. The predicted molar refractivity (Wildman–Crippen MR) is 80.3 cm³/mol. The number of thiophene rings is 1. The van der Waals surface area contributed by atoms with Crippen LogP contribution in [-0.2, 0) is 0 Å². The minimum absolute atomic E-state index is 0.362. The smallest absolute Gasteiger partial charge is 0.0922 e. The molecule has 2 fully saturated rings. The number of fused-ring (bicyclic) bond motifs is 2. The van der Waals surface area contributed by atoms with Crippen molar-refractivity contribution in [3.8, 4) is 0 Å². The van der Waals surface area contributed by atoms with Crippen LogP contribution >= 0.6 is 11.3 Å². The van der Waals surface area contributed by atoms with Crippen LogP contribution in [0.25, 0.3) is 0 Å². The Morgan fingerprint density at radius 2 is 2.26 bits per heavy atom. The summed E-state index contributed by atoms with van der Waals surface area (Å²) in [6.45, 7) is 7.90. The maximum absolute atomic E-state index is 10.2. The third kappa shape index (κ3) is 2.16. The predicted octanol–water partition coefficient (Wildman–Crippen LogP) is 3.59. The number of hydrogen-bond donors (Lipinski definition) is 2. The average Bonchev–Trinajstić information content (AvgIpc) is 3.00. The van der Waals surface area contributed by atoms with E-state index in [0.29, 0.717) is 23.4 Å². The van der Waals surface area contributed by atoms with E-state index in [1.54, 1.807) is 11.3 Å². The lowest BCUT2D eigenvalue weighted by Gasteiger charge is -2.43. The fourth-order valence-electron chi connectivity index (χ4n) is 4.62. The number of aliphatic hydroxyl groups excluding tert-OH is 1. The van der Waals surface area contributed by atoms with Crippen LogP contribution < -0.4 is 5.32 Å². The highest BCUT2D eigenvalue weighted by Gasteiger charge is 2.58. The molecule has 0 aromatic carbocycles. The summed E-state index contributed by atoms with van der Waals surface area (Å²) in [5.74, 6) is 0.855. The van der Waals surface area contributed by atoms with E-state index in [0.717, 1.165) is 11.5 Å². The standard InChI is InChI=1S/C16H25NOS/c1-15(2)12-4-6-16(3,8-12)14(15)17-9-13(18)11-5-7-19-10-11/h5,7,10,12-14,17-18H,4,6,8-9H2,1-3H3. The third-order valence-corrected chi connectivity index (χ3v) is 6.41. The fraction of sp³-hybridized carbons (Fsp3) is 0.750. The van der Waals surface area contributed by atoms with Crippen LogP contribution in [0.1, 0.15) is 51.7 Å². The molecule has 2 aliphatic carbocycles. The summed E-state index contributed by atoms with van der Waals surface area (Å²) in [6, 6.07) is 2.55. The molecule has 0 amide bonds. The van der Waals surface area contributed by atoms with Gasteiger partial charge in [-0.1, -0.05) is 20.8 Å². The summed E-state index contributed by atoms with van der Waals surface area (Å²) in [5, 5.41) is 18.0. The lowest BCUT2D eigenvalue weighted by atomic mass is 9.68. The van der Waals surface area contributed by atoms with Gasteiger partial charge in [-0.05, 0) is 58.4 Å². The second-order valence-electron chi connectivity index (χ2n) is 7.33. The molecule has 2 bridgehead atoms. The van der Waals surface area contributed by atoms with Crippen LogP contribution in [0.5, 0.6) is 0 Å². The van der Waals surface area contributed by atoms with Crippen molar-refractivity contribution in [1.82, 2.24) is 5.32 Å². The summed E-state index contributed by atoms with van der Waals surface area (Å²) in [6.07, 6.45) is 3.71. The van der Waals surface area contributed by atoms with Crippen molar-refractivity contribution >= 4 is 11.3 Å². The number of nitrogens with one attached hydrogen (secondary N) is 1. The largest absolute Gasteiger partial charge is 0.387 e. The second kappa shape index (κ2) is 4.57. The monoisotopic (exact) mass is 279 g/mol. The van der Waals surface area contributed by atoms with Gasteiger partial charge in [0.15, 0.2) is 0 Å². The minimum atomic E-state index is -0.371. The molecule has 2 saturated carbocycles. The highest BCUT2D eigenvalue weighted by atomic mass is 32.1. The molecule has 3 heteroatoms. The van der Waals surface area contributed by atoms with Crippen molar-refractivity contribution in [2.24, 2.45) is 16.7 Å². The Morgan fingerprint density at radius 3 is 2.84 bits per heavy atom. The van der Waals surface area contributed by atoms with E-state index in [1.807, 2.05) is 16.8 Å². The van der Waals surface area contributed by atoms with Gasteiger partial charge in [0.2, 0.25) is 0 Å². The lowest BCUT2D eigenvalue weighted by Crippen LogP contribution is -2.51. The van der Waals surface area contributed by atoms with Crippen LogP contribution in [0.3, 0.4) is 0 Å². The van der Waals surface area contributed by atoms with Crippen molar-refractivity contribution in [1.29, 1.82) is 0 Å². The van der Waals surface area contributed by atoms with Gasteiger partial charge in [0.25, 0.3) is 0 Å². The Labute approximate surface area is 120 Å². The van der Waals surface area contributed by atoms with Crippen molar-refractivity contribution in [2.75, 3.05) is 6.54 Å². The van der Waals surface area contributed by atoms with Crippen LogP contribution in [0.2, 0.25) is 0 Å². The highest BCUT2D eigenvalue weighted by Crippen LogP contribution is 2.62. The van der Waals surface area contributed by atoms with Gasteiger partial charge < -0.3 is 10.4 Å². The Balaban J connectivity index is 1.67. The van der Waals surface area contributed by atoms with Gasteiger partial charge in [-0.15, -0.1) is 0 Å². The maximum atomic E-state index is 10.2. The SMILES string of the molecule is CC12CCC(C1)C(C)(C)C2NCC(O)c1ccsc1. The highest BCUT2D eigenvalue weighted by molar-refractivity contribution is 7.07. The van der Waals surface area contributed by atoms with Gasteiger partial charge in [-0.2, -0.15) is 11.3 Å². The number of aliphatic hydroxyl groups is 1. The summed E-state index contributed by atoms with van der Waals surface area (Å²) >= 11 is 1.65. The van der Waals surface area contributed by atoms with Crippen molar-refractivity contribution < 1.29 is 5.11 Å². The molecular weight excluding hydrogens is 254 g/mol. The Kier molecular flexibility index (Phi) is 3.27. The van der Waals surface area contributed by atoms with Gasteiger partial charge in [0, 0.05) is 12.6 Å². The van der Waals surface area contributed by atoms with Crippen LogP contribution in [0, 0.1) is 16.7 Å². The molecule has 4 unspecified atom stereocenters. The second-order valence-corrected chi connectivity index (χ2v) is 8.11. The number of hydrogen-bond acceptors (Lipinski definition) is 3. The van der Waals surface area contributed by atoms with Gasteiger partial charge >= 0.3 is 0 Å². The molecule has 0 spiro atoms. The zero-order valence-corrected chi connectivity index (χ0v) is 13.0. The fourth-order valence-corrected chi connectivity index (χ4v) is 5.33. The van der Waals surface area contributed by atoms with Crippen LogP contribution in [-0.4, -0.2) is 17.7 Å². The van der Waals surface area contributed by atoms with Gasteiger partial charge in [0.1, 0.15) is 0 Å². The molecule has 1 heterocycles. The molecule has 2 aliphatic rings. The van der Waals surface area contributed by atoms with Gasteiger partial charge in [-0.3, -0.25) is 0 Å². The zero-order valence-electron chi connectivity index (χ0n) is 12.1. The maximum Gasteiger partial charge on any atom is 0.0922 e. The molecule has 0 radical (unpaired) electrons. The third-order valence-electron chi connectivity index (χ3n) is 5.71. The molecule has 0 aliphatic heterocycles. The first-order valence-electron chi connectivity index (χ1n) is 7.37. The first-order valence-corrected chi connectivity index (χ1v) is 8.31. The molecule has 0 saturated heterocycles. The Morgan fingerprint density at radius 1 is 1.47 bits per heavy atom. The summed E-state index contributed by atoms with van der Waals surface area (Å²) in [4.78, 5) is 0. The first kappa shape index (κ1) is 13.6. The molecule has 3 rings (SSSR count). The normalized spacial score (nSPS) is 37.7. The van der Waals surface area contributed by atoms with E-state index < -0.39 is 0 Å². The lowest BCUT2D eigenvalue weighted by molar-refractivity contribution is 0.0880. The zero-order chi connectivity index (χ0) is 13.7. The van der Waals surface area contributed by atoms with E-state index in [1.165, 1.54) is 19.3 Å². The van der Waals surface area contributed by atoms with Gasteiger partial charge in [0.05, 0.1) is 6.10 Å². The van der Waals surface area contributed by atoms with Crippen molar-refractivity contribution in [3.63, 3.8) is 0 Å². The van der Waals surface area contributed by atoms with E-state index in [4.69, 9.17) is 0 Å². The molecule has 4 atom stereocenters. The molecule has 1 aromatic heterocycles. The topological polar surface area (TPSA) is 32.3 Å². The van der Waals surface area contributed by atoms with Gasteiger partial charge in [-0.25, -0.2) is 0 Å². The van der Waals surface area contributed by atoms with Crippen molar-refractivity contribution in [3.05, 3.63) is 22.4 Å².